The lowest BCUT2D eigenvalue weighted by Crippen LogP contribution is -2.39. The molecule has 2 N–H and O–H groups in total. The van der Waals surface area contributed by atoms with Gasteiger partial charge in [0.25, 0.3) is 0 Å². The molecule has 0 bridgehead atoms. The largest absolute Gasteiger partial charge is 0.444 e. The monoisotopic (exact) mass is 340 g/mol. The van der Waals surface area contributed by atoms with Crippen LogP contribution in [0.5, 0.6) is 0 Å². The number of nitrogens with one attached hydrogen (secondary N) is 2. The molecule has 4 nitrogen and oxygen atoms in total. The predicted octanol–water partition coefficient (Wildman–Crippen LogP) is 4.68. The summed E-state index contributed by atoms with van der Waals surface area (Å²) < 4.78 is 5.25. The van der Waals surface area contributed by atoms with Gasteiger partial charge >= 0.3 is 6.09 Å². The molecular formula is C18H29ClN2O2. The smallest absolute Gasteiger partial charge is 0.407 e. The van der Waals surface area contributed by atoms with E-state index >= 15 is 0 Å². The summed E-state index contributed by atoms with van der Waals surface area (Å²) in [5.41, 5.74) is 0.758. The lowest BCUT2D eigenvalue weighted by atomic mass is 10.0. The number of hydrogen-bond donors (Lipinski definition) is 2. The summed E-state index contributed by atoms with van der Waals surface area (Å²) in [5, 5.41) is 7.13. The molecule has 1 aromatic rings. The molecule has 0 aliphatic heterocycles. The Morgan fingerprint density at radius 1 is 1.26 bits per heavy atom. The molecule has 0 radical (unpaired) electrons. The number of amides is 1. The van der Waals surface area contributed by atoms with Crippen molar-refractivity contribution in [2.45, 2.75) is 65.1 Å². The minimum atomic E-state index is -0.468. The first-order valence-electron chi connectivity index (χ1n) is 8.19. The first-order chi connectivity index (χ1) is 10.7. The summed E-state index contributed by atoms with van der Waals surface area (Å²) in [7, 11) is 0. The number of ether oxygens (including phenoxy) is 1. The first kappa shape index (κ1) is 19.8. The normalized spacial score (nSPS) is 14.2. The van der Waals surface area contributed by atoms with Gasteiger partial charge in [-0.05, 0) is 64.8 Å². The molecule has 0 saturated heterocycles. The first-order valence-corrected chi connectivity index (χ1v) is 8.57. The molecule has 1 rings (SSSR count). The van der Waals surface area contributed by atoms with Crippen molar-refractivity contribution in [3.05, 3.63) is 34.9 Å². The second-order valence-electron chi connectivity index (χ2n) is 6.80. The molecule has 0 saturated carbocycles. The van der Waals surface area contributed by atoms with Crippen molar-refractivity contribution in [1.29, 1.82) is 0 Å². The van der Waals surface area contributed by atoms with Gasteiger partial charge in [0.15, 0.2) is 0 Å². The third kappa shape index (κ3) is 8.24. The number of carbonyl (C=O) groups is 1. The lowest BCUT2D eigenvalue weighted by molar-refractivity contribution is 0.0506. The molecule has 1 aromatic carbocycles. The highest BCUT2D eigenvalue weighted by Crippen LogP contribution is 2.19. The second kappa shape index (κ2) is 9.14. The van der Waals surface area contributed by atoms with Crippen molar-refractivity contribution in [2.24, 2.45) is 0 Å². The van der Waals surface area contributed by atoms with E-state index in [1.807, 2.05) is 52.0 Å². The Morgan fingerprint density at radius 2 is 1.87 bits per heavy atom. The lowest BCUT2D eigenvalue weighted by Gasteiger charge is -2.23. The van der Waals surface area contributed by atoms with Crippen LogP contribution in [-0.4, -0.2) is 24.3 Å². The van der Waals surface area contributed by atoms with Gasteiger partial charge in [-0.15, -0.1) is 0 Å². The summed E-state index contributed by atoms with van der Waals surface area (Å²) >= 11 is 5.93. The van der Waals surface area contributed by atoms with Crippen molar-refractivity contribution in [1.82, 2.24) is 10.6 Å². The van der Waals surface area contributed by atoms with Crippen molar-refractivity contribution in [3.63, 3.8) is 0 Å². The average molecular weight is 341 g/mol. The van der Waals surface area contributed by atoms with Crippen LogP contribution in [-0.2, 0) is 4.74 Å². The van der Waals surface area contributed by atoms with Crippen LogP contribution < -0.4 is 10.6 Å². The van der Waals surface area contributed by atoms with Crippen LogP contribution in [0.25, 0.3) is 0 Å². The number of rotatable bonds is 7. The highest BCUT2D eigenvalue weighted by molar-refractivity contribution is 6.30. The highest BCUT2D eigenvalue weighted by atomic mass is 35.5. The van der Waals surface area contributed by atoms with Gasteiger partial charge in [-0.3, -0.25) is 0 Å². The van der Waals surface area contributed by atoms with E-state index in [2.05, 4.69) is 17.6 Å². The molecule has 0 aliphatic carbocycles. The zero-order valence-electron chi connectivity index (χ0n) is 14.8. The third-order valence-corrected chi connectivity index (χ3v) is 3.66. The fourth-order valence-corrected chi connectivity index (χ4v) is 2.37. The van der Waals surface area contributed by atoms with Gasteiger partial charge in [0.1, 0.15) is 5.60 Å². The van der Waals surface area contributed by atoms with Crippen molar-refractivity contribution in [2.75, 3.05) is 6.54 Å². The molecule has 5 heteroatoms. The summed E-state index contributed by atoms with van der Waals surface area (Å²) in [5.74, 6) is 0. The van der Waals surface area contributed by atoms with E-state index in [0.29, 0.717) is 6.04 Å². The molecule has 130 valence electrons. The highest BCUT2D eigenvalue weighted by Gasteiger charge is 2.17. The molecule has 2 atom stereocenters. The third-order valence-electron chi connectivity index (χ3n) is 3.41. The topological polar surface area (TPSA) is 50.4 Å². The Balaban J connectivity index is 2.36. The van der Waals surface area contributed by atoms with Gasteiger partial charge < -0.3 is 15.4 Å². The van der Waals surface area contributed by atoms with Gasteiger partial charge in [0.05, 0.1) is 0 Å². The molecule has 0 aromatic heterocycles. The summed E-state index contributed by atoms with van der Waals surface area (Å²) in [4.78, 5) is 11.7. The second-order valence-corrected chi connectivity index (χ2v) is 7.24. The van der Waals surface area contributed by atoms with E-state index in [-0.39, 0.29) is 12.1 Å². The van der Waals surface area contributed by atoms with Crippen LogP contribution >= 0.6 is 11.6 Å². The molecule has 1 amide bonds. The van der Waals surface area contributed by atoms with Gasteiger partial charge in [0, 0.05) is 17.1 Å². The van der Waals surface area contributed by atoms with Gasteiger partial charge in [-0.1, -0.05) is 30.7 Å². The Bertz CT molecular complexity index is 483. The van der Waals surface area contributed by atoms with E-state index in [0.717, 1.165) is 24.4 Å². The maximum atomic E-state index is 11.7. The van der Waals surface area contributed by atoms with Crippen LogP contribution in [0.2, 0.25) is 5.02 Å². The predicted molar refractivity (Wildman–Crippen MR) is 95.9 cm³/mol. The van der Waals surface area contributed by atoms with Crippen molar-refractivity contribution < 1.29 is 9.53 Å². The summed E-state index contributed by atoms with van der Waals surface area (Å²) in [6.07, 6.45) is 1.47. The molecule has 23 heavy (non-hydrogen) atoms. The standard InChI is InChI=1S/C18H29ClN2O2/c1-6-16(14-7-9-15(19)10-8-14)20-12-11-13(2)21-17(22)23-18(3,4)5/h7-10,13,16,20H,6,11-12H2,1-5H3,(H,21,22). The number of carbonyl (C=O) groups excluding carboxylic acids is 1. The Hall–Kier alpha value is -1.26. The van der Waals surface area contributed by atoms with Gasteiger partial charge in [0.2, 0.25) is 0 Å². The summed E-state index contributed by atoms with van der Waals surface area (Å²) in [6.45, 7) is 10.5. The Morgan fingerprint density at radius 3 is 2.39 bits per heavy atom. The molecule has 0 spiro atoms. The number of benzene rings is 1. The molecular weight excluding hydrogens is 312 g/mol. The maximum Gasteiger partial charge on any atom is 0.407 e. The van der Waals surface area contributed by atoms with Crippen LogP contribution in [0.15, 0.2) is 24.3 Å². The number of halogens is 1. The zero-order chi connectivity index (χ0) is 17.5. The van der Waals surface area contributed by atoms with E-state index in [9.17, 15) is 4.79 Å². The average Bonchev–Trinajstić information content (AvgIpc) is 2.42. The molecule has 0 fully saturated rings. The van der Waals surface area contributed by atoms with E-state index in [4.69, 9.17) is 16.3 Å². The van der Waals surface area contributed by atoms with E-state index in [1.54, 1.807) is 0 Å². The maximum absolute atomic E-state index is 11.7. The van der Waals surface area contributed by atoms with Crippen LogP contribution in [0, 0.1) is 0 Å². The molecule has 0 aliphatic rings. The van der Waals surface area contributed by atoms with Crippen molar-refractivity contribution >= 4 is 17.7 Å². The van der Waals surface area contributed by atoms with Gasteiger partial charge in [-0.2, -0.15) is 0 Å². The minimum absolute atomic E-state index is 0.0556. The number of alkyl carbamates (subject to hydrolysis) is 1. The van der Waals surface area contributed by atoms with Crippen LogP contribution in [0.4, 0.5) is 4.79 Å². The fourth-order valence-electron chi connectivity index (χ4n) is 2.25. The van der Waals surface area contributed by atoms with Crippen LogP contribution in [0.3, 0.4) is 0 Å². The minimum Gasteiger partial charge on any atom is -0.444 e. The fraction of sp³-hybridized carbons (Fsp3) is 0.611. The zero-order valence-corrected chi connectivity index (χ0v) is 15.5. The molecule has 0 heterocycles. The van der Waals surface area contributed by atoms with Crippen LogP contribution in [0.1, 0.15) is 59.1 Å². The SMILES string of the molecule is CCC(NCCC(C)NC(=O)OC(C)(C)C)c1ccc(Cl)cc1. The molecule has 2 unspecified atom stereocenters. The van der Waals surface area contributed by atoms with E-state index in [1.165, 1.54) is 5.56 Å². The Labute approximate surface area is 144 Å². The summed E-state index contributed by atoms with van der Waals surface area (Å²) in [6, 6.07) is 8.26. The van der Waals surface area contributed by atoms with Gasteiger partial charge in [-0.25, -0.2) is 4.79 Å². The number of hydrogen-bond acceptors (Lipinski definition) is 3. The Kier molecular flexibility index (Phi) is 7.86. The quantitative estimate of drug-likeness (QED) is 0.757. The van der Waals surface area contributed by atoms with Crippen molar-refractivity contribution in [3.8, 4) is 0 Å². The van der Waals surface area contributed by atoms with E-state index < -0.39 is 5.60 Å².